The first-order chi connectivity index (χ1) is 26.7. The lowest BCUT2D eigenvalue weighted by Crippen LogP contribution is -2.64. The number of hydrazine groups is 1. The van der Waals surface area contributed by atoms with Crippen LogP contribution in [0.15, 0.2) is 60.8 Å². The van der Waals surface area contributed by atoms with Crippen LogP contribution in [0.4, 0.5) is 15.6 Å². The number of carbonyl (C=O) groups excluding carboxylic acids is 1. The Morgan fingerprint density at radius 1 is 1.00 bits per heavy atom. The number of anilines is 2. The number of fused-ring (bicyclic) bond motifs is 2. The van der Waals surface area contributed by atoms with Gasteiger partial charge >= 0.3 is 12.0 Å². The average molecular weight is 775 g/mol. The number of nitrogens with zero attached hydrogens (tertiary/aromatic N) is 6. The molecule has 4 heterocycles. The number of carboxylic acid groups (broad SMARTS) is 1. The fourth-order valence-electron chi connectivity index (χ4n) is 11.8. The van der Waals surface area contributed by atoms with Crippen LogP contribution in [-0.2, 0) is 17.7 Å². The normalized spacial score (nSPS) is 26.6. The van der Waals surface area contributed by atoms with Gasteiger partial charge in [-0.25, -0.2) is 24.6 Å². The molecule has 10 rings (SSSR count). The van der Waals surface area contributed by atoms with Crippen molar-refractivity contribution in [2.75, 3.05) is 37.0 Å². The van der Waals surface area contributed by atoms with E-state index in [4.69, 9.17) is 20.7 Å². The van der Waals surface area contributed by atoms with Crippen LogP contribution < -0.4 is 16.1 Å². The highest BCUT2D eigenvalue weighted by Crippen LogP contribution is 2.72. The van der Waals surface area contributed by atoms with E-state index >= 15 is 0 Å². The number of benzene rings is 2. The molecule has 4 saturated carbocycles. The van der Waals surface area contributed by atoms with Gasteiger partial charge in [-0.3, -0.25) is 20.7 Å². The molecule has 4 bridgehead atoms. The number of amides is 2. The number of carbonyl (C=O) groups is 2. The van der Waals surface area contributed by atoms with Crippen LogP contribution in [0.5, 0.6) is 0 Å². The molecule has 4 fully saturated rings. The third-order valence-corrected chi connectivity index (χ3v) is 13.7. The molecule has 1 aliphatic heterocycles. The van der Waals surface area contributed by atoms with Crippen molar-refractivity contribution in [2.24, 2.45) is 22.1 Å². The molecule has 5 aliphatic rings. The first-order valence-corrected chi connectivity index (χ1v) is 20.5. The summed E-state index contributed by atoms with van der Waals surface area (Å²) >= 11 is 1.44. The minimum atomic E-state index is -1.10. The van der Waals surface area contributed by atoms with Crippen molar-refractivity contribution in [3.8, 4) is 22.4 Å². The number of ether oxygens (including phenoxy) is 1. The number of rotatable bonds is 10. The maximum Gasteiger partial charge on any atom is 0.355 e. The van der Waals surface area contributed by atoms with E-state index in [-0.39, 0.29) is 33.6 Å². The van der Waals surface area contributed by atoms with E-state index < -0.39 is 5.97 Å². The van der Waals surface area contributed by atoms with E-state index in [1.807, 2.05) is 68.6 Å². The van der Waals surface area contributed by atoms with Crippen molar-refractivity contribution < 1.29 is 19.4 Å². The van der Waals surface area contributed by atoms with Gasteiger partial charge < -0.3 is 9.84 Å². The average Bonchev–Trinajstić information content (AvgIpc) is 3.70. The van der Waals surface area contributed by atoms with Crippen LogP contribution >= 0.6 is 11.3 Å². The molecule has 292 valence electrons. The van der Waals surface area contributed by atoms with Crippen LogP contribution in [0.2, 0.25) is 0 Å². The zero-order valence-electron chi connectivity index (χ0n) is 32.6. The van der Waals surface area contributed by atoms with Gasteiger partial charge in [0, 0.05) is 54.8 Å². The highest BCUT2D eigenvalue weighted by molar-refractivity contribution is 7.22. The second-order valence-electron chi connectivity index (χ2n) is 17.9. The summed E-state index contributed by atoms with van der Waals surface area (Å²) < 4.78 is 9.87. The van der Waals surface area contributed by atoms with Crippen LogP contribution in [0.3, 0.4) is 0 Å². The van der Waals surface area contributed by atoms with E-state index in [2.05, 4.69) is 28.8 Å². The molecule has 3 aromatic heterocycles. The van der Waals surface area contributed by atoms with Crippen LogP contribution in [0.25, 0.3) is 32.6 Å². The molecule has 0 saturated heterocycles. The van der Waals surface area contributed by atoms with Gasteiger partial charge in [0.15, 0.2) is 10.8 Å². The fraction of sp³-hybridized carbons (Fsp3) is 0.465. The van der Waals surface area contributed by atoms with Crippen LogP contribution in [-0.4, -0.2) is 74.2 Å². The van der Waals surface area contributed by atoms with E-state index in [0.29, 0.717) is 36.1 Å². The molecule has 12 nitrogen and oxygen atoms in total. The summed E-state index contributed by atoms with van der Waals surface area (Å²) in [6.07, 6.45) is 10.1. The molecule has 4 N–H and O–H groups in total. The monoisotopic (exact) mass is 774 g/mol. The van der Waals surface area contributed by atoms with E-state index in [1.165, 1.54) is 17.8 Å². The van der Waals surface area contributed by atoms with Crippen molar-refractivity contribution in [3.63, 3.8) is 0 Å². The number of thiazole rings is 1. The highest BCUT2D eigenvalue weighted by Gasteiger charge is 2.66. The summed E-state index contributed by atoms with van der Waals surface area (Å²) in [7, 11) is 1.88. The Morgan fingerprint density at radius 2 is 1.79 bits per heavy atom. The van der Waals surface area contributed by atoms with Gasteiger partial charge in [-0.05, 0) is 110 Å². The largest absolute Gasteiger partial charge is 0.476 e. The summed E-state index contributed by atoms with van der Waals surface area (Å²) in [6, 6.07) is 17.2. The smallest absolute Gasteiger partial charge is 0.355 e. The Bertz CT molecular complexity index is 2320. The van der Waals surface area contributed by atoms with Crippen molar-refractivity contribution in [1.29, 1.82) is 0 Å². The molecule has 2 atom stereocenters. The van der Waals surface area contributed by atoms with Gasteiger partial charge in [0.1, 0.15) is 0 Å². The maximum absolute atomic E-state index is 13.6. The Labute approximate surface area is 331 Å². The number of pyridine rings is 1. The molecule has 13 heteroatoms. The second kappa shape index (κ2) is 13.5. The van der Waals surface area contributed by atoms with E-state index in [1.54, 1.807) is 16.1 Å². The second-order valence-corrected chi connectivity index (χ2v) is 18.9. The SMILES string of the molecule is Cc1c(-c2ccc(-c3ccc4c(c3)N(C(=O)Nc3nc5ccccc5s3)CCC4)nc2C(=O)O)cnn1CC12CC3(C)CC(C)(C1)CC(OCCN(C)N)(C3)C2. The topological polar surface area (TPSA) is 152 Å². The minimum absolute atomic E-state index is 0.0274. The summed E-state index contributed by atoms with van der Waals surface area (Å²) in [6.45, 7) is 9.55. The van der Waals surface area contributed by atoms with Gasteiger partial charge in [0.05, 0.1) is 34.3 Å². The number of nitrogens with one attached hydrogen (secondary N) is 1. The minimum Gasteiger partial charge on any atom is -0.476 e. The number of nitrogens with two attached hydrogens (primary N) is 1. The lowest BCUT2D eigenvalue weighted by molar-refractivity contribution is -0.248. The number of hydrogen-bond donors (Lipinski definition) is 3. The Kier molecular flexibility index (Phi) is 8.88. The molecule has 2 amide bonds. The summed E-state index contributed by atoms with van der Waals surface area (Å²) in [5, 5.41) is 20.7. The Balaban J connectivity index is 0.979. The van der Waals surface area contributed by atoms with Crippen molar-refractivity contribution >= 4 is 44.4 Å². The molecule has 0 radical (unpaired) electrons. The number of aryl methyl sites for hydroxylation is 1. The number of urea groups is 1. The zero-order chi connectivity index (χ0) is 39.0. The lowest BCUT2D eigenvalue weighted by Gasteiger charge is -2.69. The van der Waals surface area contributed by atoms with Gasteiger partial charge in [0.25, 0.3) is 0 Å². The summed E-state index contributed by atoms with van der Waals surface area (Å²) in [5.74, 6) is 4.84. The number of aromatic nitrogens is 4. The molecule has 0 spiro atoms. The molecule has 5 aromatic rings. The van der Waals surface area contributed by atoms with Gasteiger partial charge in [-0.2, -0.15) is 5.10 Å². The van der Waals surface area contributed by atoms with Crippen molar-refractivity contribution in [3.05, 3.63) is 77.7 Å². The van der Waals surface area contributed by atoms with Gasteiger partial charge in [-0.15, -0.1) is 0 Å². The molecule has 56 heavy (non-hydrogen) atoms. The number of para-hydroxylation sites is 1. The fourth-order valence-corrected chi connectivity index (χ4v) is 12.6. The van der Waals surface area contributed by atoms with Gasteiger partial charge in [-0.1, -0.05) is 49.4 Å². The number of aromatic carboxylic acids is 1. The number of hydrogen-bond acceptors (Lipinski definition) is 9. The number of carboxylic acids is 1. The highest BCUT2D eigenvalue weighted by atomic mass is 32.1. The summed E-state index contributed by atoms with van der Waals surface area (Å²) in [4.78, 5) is 37.5. The first-order valence-electron chi connectivity index (χ1n) is 19.7. The standard InChI is InChI=1S/C43H50N8O4S/c1-27-31(19-45-51(27)26-42-21-40(2)20-41(3,22-42)24-43(23-40,25-42)55-17-16-49(4)44)30-13-14-32(46-36(30)37(52)53)29-12-11-28-8-7-15-50(34(28)18-29)39(54)48-38-47-33-9-5-6-10-35(33)56-38/h5-6,9-14,18-19H,7-8,15-17,20-26,44H2,1-4H3,(H,52,53)(H,47,48,54). The number of likely N-dealkylation sites (N-methyl/N-ethyl adjacent to an activating group) is 1. The molecule has 2 unspecified atom stereocenters. The quantitative estimate of drug-likeness (QED) is 0.0943. The third kappa shape index (κ3) is 6.67. The first kappa shape index (κ1) is 36.9. The predicted octanol–water partition coefficient (Wildman–Crippen LogP) is 8.15. The summed E-state index contributed by atoms with van der Waals surface area (Å²) in [5.41, 5.74) is 6.43. The third-order valence-electron chi connectivity index (χ3n) is 12.7. The van der Waals surface area contributed by atoms with Crippen LogP contribution in [0, 0.1) is 23.2 Å². The van der Waals surface area contributed by atoms with Crippen molar-refractivity contribution in [2.45, 2.75) is 84.3 Å². The Morgan fingerprint density at radius 3 is 2.54 bits per heavy atom. The molecular weight excluding hydrogens is 725 g/mol. The lowest BCUT2D eigenvalue weighted by atomic mass is 9.39. The van der Waals surface area contributed by atoms with E-state index in [0.717, 1.165) is 89.8 Å². The molecule has 4 aliphatic carbocycles. The molecular formula is C43H50N8O4S. The predicted molar refractivity (Wildman–Crippen MR) is 219 cm³/mol. The Hall–Kier alpha value is -4.69. The van der Waals surface area contributed by atoms with Gasteiger partial charge in [0.2, 0.25) is 0 Å². The van der Waals surface area contributed by atoms with Crippen molar-refractivity contribution in [1.82, 2.24) is 24.8 Å². The van der Waals surface area contributed by atoms with E-state index in [9.17, 15) is 14.7 Å². The molecule has 2 aromatic carbocycles. The maximum atomic E-state index is 13.6. The van der Waals surface area contributed by atoms with Crippen LogP contribution in [0.1, 0.15) is 80.5 Å². The zero-order valence-corrected chi connectivity index (χ0v) is 33.4.